The predicted octanol–water partition coefficient (Wildman–Crippen LogP) is 5.79. The Labute approximate surface area is 208 Å². The number of halogens is 3. The van der Waals surface area contributed by atoms with E-state index >= 15 is 0 Å². The van der Waals surface area contributed by atoms with Gasteiger partial charge in [-0.05, 0) is 42.3 Å². The third-order valence-electron chi connectivity index (χ3n) is 4.74. The van der Waals surface area contributed by atoms with Crippen molar-refractivity contribution >= 4 is 56.4 Å². The molecular formula is C23H21Cl3N2O4S. The Balaban J connectivity index is 1.96. The number of ether oxygens (including phenoxy) is 1. The monoisotopic (exact) mass is 526 g/mol. The van der Waals surface area contributed by atoms with E-state index in [-0.39, 0.29) is 37.9 Å². The topological polar surface area (TPSA) is 75.7 Å². The molecule has 0 aromatic heterocycles. The first-order valence-electron chi connectivity index (χ1n) is 9.75. The number of sulfonamides is 1. The molecule has 0 aliphatic rings. The van der Waals surface area contributed by atoms with E-state index in [0.717, 1.165) is 9.87 Å². The third kappa shape index (κ3) is 6.19. The highest BCUT2D eigenvalue weighted by Gasteiger charge is 2.30. The molecule has 0 aliphatic carbocycles. The van der Waals surface area contributed by atoms with Gasteiger partial charge in [0.25, 0.3) is 0 Å². The highest BCUT2D eigenvalue weighted by Crippen LogP contribution is 2.33. The fraction of sp³-hybridized carbons (Fsp3) is 0.174. The van der Waals surface area contributed by atoms with Gasteiger partial charge in [0.15, 0.2) is 0 Å². The van der Waals surface area contributed by atoms with Crippen LogP contribution in [0.15, 0.2) is 65.6 Å². The molecule has 10 heteroatoms. The van der Waals surface area contributed by atoms with E-state index in [2.05, 4.69) is 5.32 Å². The maximum Gasteiger partial charge on any atom is 0.247 e. The molecule has 1 N–H and O–H groups in total. The molecule has 0 unspecified atom stereocenters. The minimum atomic E-state index is -4.11. The number of rotatable bonds is 8. The number of methoxy groups -OCH3 is 1. The van der Waals surface area contributed by atoms with Crippen molar-refractivity contribution in [1.29, 1.82) is 0 Å². The molecule has 0 spiro atoms. The number of carbonyl (C=O) groups excluding carboxylic acids is 1. The average molecular weight is 528 g/mol. The molecule has 0 saturated carbocycles. The first-order chi connectivity index (χ1) is 15.6. The van der Waals surface area contributed by atoms with Gasteiger partial charge < -0.3 is 10.1 Å². The smallest absolute Gasteiger partial charge is 0.247 e. The first-order valence-corrected chi connectivity index (χ1v) is 12.3. The van der Waals surface area contributed by atoms with Crippen LogP contribution in [0.1, 0.15) is 11.1 Å². The zero-order valence-electron chi connectivity index (χ0n) is 17.8. The van der Waals surface area contributed by atoms with Crippen molar-refractivity contribution < 1.29 is 17.9 Å². The Morgan fingerprint density at radius 1 is 0.970 bits per heavy atom. The SMILES string of the molecule is COc1ccc(C)cc1S(=O)(=O)N(CC(=O)Nc1cc(Cl)c(Cl)cc1Cl)Cc1ccccc1. The molecule has 0 bridgehead atoms. The van der Waals surface area contributed by atoms with Crippen LogP contribution >= 0.6 is 34.8 Å². The minimum absolute atomic E-state index is 0.0250. The van der Waals surface area contributed by atoms with Gasteiger partial charge in [0, 0.05) is 6.54 Å². The first kappa shape index (κ1) is 25.3. The molecule has 0 heterocycles. The zero-order valence-corrected chi connectivity index (χ0v) is 20.9. The third-order valence-corrected chi connectivity index (χ3v) is 7.59. The number of aryl methyl sites for hydroxylation is 1. The van der Waals surface area contributed by atoms with Gasteiger partial charge in [0.05, 0.1) is 34.4 Å². The number of hydrogen-bond acceptors (Lipinski definition) is 4. The summed E-state index contributed by atoms with van der Waals surface area (Å²) < 4.78 is 33.6. The van der Waals surface area contributed by atoms with Gasteiger partial charge >= 0.3 is 0 Å². The lowest BCUT2D eigenvalue weighted by atomic mass is 10.2. The standard InChI is InChI=1S/C23H21Cl3N2O4S/c1-15-8-9-21(32-2)22(10-15)33(30,31)28(13-16-6-4-3-5-7-16)14-23(29)27-20-12-18(25)17(24)11-19(20)26/h3-12H,13-14H2,1-2H3,(H,27,29). The van der Waals surface area contributed by atoms with Crippen LogP contribution in [0.2, 0.25) is 15.1 Å². The summed E-state index contributed by atoms with van der Waals surface area (Å²) in [6.07, 6.45) is 0. The van der Waals surface area contributed by atoms with Gasteiger partial charge in [-0.15, -0.1) is 0 Å². The van der Waals surface area contributed by atoms with Crippen LogP contribution < -0.4 is 10.1 Å². The van der Waals surface area contributed by atoms with Crippen LogP contribution in [-0.4, -0.2) is 32.3 Å². The van der Waals surface area contributed by atoms with Crippen molar-refractivity contribution in [3.05, 3.63) is 86.9 Å². The average Bonchev–Trinajstić information content (AvgIpc) is 2.77. The fourth-order valence-corrected chi connectivity index (χ4v) is 5.32. The van der Waals surface area contributed by atoms with E-state index < -0.39 is 22.5 Å². The molecule has 1 amide bonds. The number of amides is 1. The fourth-order valence-electron chi connectivity index (χ4n) is 3.11. The van der Waals surface area contributed by atoms with Crippen LogP contribution in [0.25, 0.3) is 0 Å². The van der Waals surface area contributed by atoms with Crippen LogP contribution in [0.5, 0.6) is 5.75 Å². The Morgan fingerprint density at radius 3 is 2.30 bits per heavy atom. The lowest BCUT2D eigenvalue weighted by Gasteiger charge is -2.23. The molecule has 3 rings (SSSR count). The summed E-state index contributed by atoms with van der Waals surface area (Å²) in [5.74, 6) is -0.409. The van der Waals surface area contributed by atoms with Crippen LogP contribution in [-0.2, 0) is 21.4 Å². The van der Waals surface area contributed by atoms with Crippen molar-refractivity contribution in [3.8, 4) is 5.75 Å². The van der Waals surface area contributed by atoms with Gasteiger partial charge in [-0.3, -0.25) is 4.79 Å². The number of nitrogens with zero attached hydrogens (tertiary/aromatic N) is 1. The highest BCUT2D eigenvalue weighted by molar-refractivity contribution is 7.89. The molecule has 0 fully saturated rings. The summed E-state index contributed by atoms with van der Waals surface area (Å²) >= 11 is 18.1. The second-order valence-electron chi connectivity index (χ2n) is 7.21. The molecule has 3 aromatic carbocycles. The number of benzene rings is 3. The van der Waals surface area contributed by atoms with E-state index in [4.69, 9.17) is 39.5 Å². The molecule has 0 atom stereocenters. The summed E-state index contributed by atoms with van der Waals surface area (Å²) in [7, 11) is -2.72. The summed E-state index contributed by atoms with van der Waals surface area (Å²) in [5, 5.41) is 3.22. The highest BCUT2D eigenvalue weighted by atomic mass is 35.5. The molecule has 0 aliphatic heterocycles. The van der Waals surface area contributed by atoms with Crippen molar-refractivity contribution in [2.24, 2.45) is 0 Å². The zero-order chi connectivity index (χ0) is 24.2. The number of nitrogens with one attached hydrogen (secondary N) is 1. The number of anilines is 1. The molecule has 3 aromatic rings. The van der Waals surface area contributed by atoms with Gasteiger partial charge in [-0.1, -0.05) is 71.2 Å². The Morgan fingerprint density at radius 2 is 1.64 bits per heavy atom. The normalized spacial score (nSPS) is 11.5. The number of carbonyl (C=O) groups is 1. The lowest BCUT2D eigenvalue weighted by molar-refractivity contribution is -0.116. The van der Waals surface area contributed by atoms with Crippen molar-refractivity contribution in [2.75, 3.05) is 19.0 Å². The molecule has 0 radical (unpaired) electrons. The Kier molecular flexibility index (Phi) is 8.26. The van der Waals surface area contributed by atoms with Gasteiger partial charge in [-0.25, -0.2) is 8.42 Å². The van der Waals surface area contributed by atoms with E-state index in [9.17, 15) is 13.2 Å². The van der Waals surface area contributed by atoms with Crippen molar-refractivity contribution in [2.45, 2.75) is 18.4 Å². The van der Waals surface area contributed by atoms with E-state index in [1.165, 1.54) is 25.3 Å². The second-order valence-corrected chi connectivity index (χ2v) is 10.3. The minimum Gasteiger partial charge on any atom is -0.495 e. The number of hydrogen-bond donors (Lipinski definition) is 1. The maximum atomic E-state index is 13.6. The largest absolute Gasteiger partial charge is 0.495 e. The van der Waals surface area contributed by atoms with Gasteiger partial charge in [0.1, 0.15) is 10.6 Å². The summed E-state index contributed by atoms with van der Waals surface area (Å²) in [6, 6.07) is 16.6. The summed E-state index contributed by atoms with van der Waals surface area (Å²) in [6.45, 7) is 1.28. The van der Waals surface area contributed by atoms with Crippen LogP contribution in [0, 0.1) is 6.92 Å². The van der Waals surface area contributed by atoms with E-state index in [1.807, 2.05) is 6.07 Å². The molecule has 33 heavy (non-hydrogen) atoms. The maximum absolute atomic E-state index is 13.6. The Bertz CT molecular complexity index is 1270. The van der Waals surface area contributed by atoms with Crippen molar-refractivity contribution in [3.63, 3.8) is 0 Å². The second kappa shape index (κ2) is 10.8. The quantitative estimate of drug-likeness (QED) is 0.376. The van der Waals surface area contributed by atoms with Gasteiger partial charge in [-0.2, -0.15) is 4.31 Å². The molecular weight excluding hydrogens is 507 g/mol. The Hall–Kier alpha value is -2.29. The van der Waals surface area contributed by atoms with Crippen LogP contribution in [0.3, 0.4) is 0 Å². The molecule has 174 valence electrons. The van der Waals surface area contributed by atoms with E-state index in [0.29, 0.717) is 5.56 Å². The van der Waals surface area contributed by atoms with Crippen molar-refractivity contribution in [1.82, 2.24) is 4.31 Å². The van der Waals surface area contributed by atoms with Crippen LogP contribution in [0.4, 0.5) is 5.69 Å². The van der Waals surface area contributed by atoms with Gasteiger partial charge in [0.2, 0.25) is 15.9 Å². The summed E-state index contributed by atoms with van der Waals surface area (Å²) in [5.41, 5.74) is 1.68. The van der Waals surface area contributed by atoms with E-state index in [1.54, 1.807) is 43.3 Å². The summed E-state index contributed by atoms with van der Waals surface area (Å²) in [4.78, 5) is 12.9. The molecule has 0 saturated heterocycles. The molecule has 6 nitrogen and oxygen atoms in total. The predicted molar refractivity (Wildman–Crippen MR) is 132 cm³/mol. The lowest BCUT2D eigenvalue weighted by Crippen LogP contribution is -2.37.